The van der Waals surface area contributed by atoms with Gasteiger partial charge in [-0.15, -0.1) is 0 Å². The minimum absolute atomic E-state index is 0.130. The van der Waals surface area contributed by atoms with Crippen LogP contribution in [-0.4, -0.2) is 10.8 Å². The van der Waals surface area contributed by atoms with Crippen LogP contribution in [0.3, 0.4) is 0 Å². The highest BCUT2D eigenvalue weighted by Gasteiger charge is 2.13. The highest BCUT2D eigenvalue weighted by molar-refractivity contribution is 5.96. The molecule has 1 aromatic heterocycles. The SMILES string of the molecule is Cc1cccc(C(=O)CCc2oc(-c3ccccc3)nc2C)c1. The number of rotatable bonds is 5. The second-order valence-corrected chi connectivity index (χ2v) is 5.69. The average Bonchev–Trinajstić information content (AvgIpc) is 2.94. The molecule has 0 spiro atoms. The Morgan fingerprint density at radius 3 is 2.57 bits per heavy atom. The number of carbonyl (C=O) groups is 1. The largest absolute Gasteiger partial charge is 0.441 e. The number of hydrogen-bond acceptors (Lipinski definition) is 3. The van der Waals surface area contributed by atoms with Crippen molar-refractivity contribution in [3.05, 3.63) is 77.2 Å². The van der Waals surface area contributed by atoms with Gasteiger partial charge in [0.15, 0.2) is 5.78 Å². The van der Waals surface area contributed by atoms with Crippen molar-refractivity contribution in [3.8, 4) is 11.5 Å². The van der Waals surface area contributed by atoms with Gasteiger partial charge in [0.2, 0.25) is 5.89 Å². The van der Waals surface area contributed by atoms with Crippen molar-refractivity contribution in [3.63, 3.8) is 0 Å². The average molecular weight is 305 g/mol. The smallest absolute Gasteiger partial charge is 0.226 e. The van der Waals surface area contributed by atoms with E-state index in [9.17, 15) is 4.79 Å². The van der Waals surface area contributed by atoms with Crippen LogP contribution in [-0.2, 0) is 6.42 Å². The summed E-state index contributed by atoms with van der Waals surface area (Å²) in [6, 6.07) is 17.5. The lowest BCUT2D eigenvalue weighted by Crippen LogP contribution is -2.01. The van der Waals surface area contributed by atoms with Crippen molar-refractivity contribution in [1.82, 2.24) is 4.98 Å². The predicted molar refractivity (Wildman–Crippen MR) is 90.5 cm³/mol. The normalized spacial score (nSPS) is 10.7. The van der Waals surface area contributed by atoms with Crippen molar-refractivity contribution < 1.29 is 9.21 Å². The van der Waals surface area contributed by atoms with Crippen LogP contribution in [0.5, 0.6) is 0 Å². The first-order valence-electron chi connectivity index (χ1n) is 7.75. The van der Waals surface area contributed by atoms with E-state index in [4.69, 9.17) is 4.42 Å². The Morgan fingerprint density at radius 1 is 1.04 bits per heavy atom. The Bertz CT molecular complexity index is 819. The van der Waals surface area contributed by atoms with E-state index in [0.717, 1.165) is 28.1 Å². The molecular formula is C20H19NO2. The molecule has 0 aliphatic rings. The third kappa shape index (κ3) is 3.57. The molecule has 0 bridgehead atoms. The first-order valence-corrected chi connectivity index (χ1v) is 7.75. The van der Waals surface area contributed by atoms with Gasteiger partial charge in [0.05, 0.1) is 5.69 Å². The third-order valence-corrected chi connectivity index (χ3v) is 3.83. The van der Waals surface area contributed by atoms with Gasteiger partial charge < -0.3 is 4.42 Å². The highest BCUT2D eigenvalue weighted by atomic mass is 16.4. The van der Waals surface area contributed by atoms with Crippen molar-refractivity contribution in [1.29, 1.82) is 0 Å². The van der Waals surface area contributed by atoms with Gasteiger partial charge in [-0.2, -0.15) is 0 Å². The van der Waals surface area contributed by atoms with Crippen LogP contribution in [0.15, 0.2) is 59.0 Å². The lowest BCUT2D eigenvalue weighted by Gasteiger charge is -2.01. The van der Waals surface area contributed by atoms with Crippen LogP contribution in [0, 0.1) is 13.8 Å². The zero-order valence-corrected chi connectivity index (χ0v) is 13.4. The van der Waals surface area contributed by atoms with E-state index < -0.39 is 0 Å². The van der Waals surface area contributed by atoms with Crippen LogP contribution < -0.4 is 0 Å². The molecule has 0 atom stereocenters. The zero-order chi connectivity index (χ0) is 16.2. The Balaban J connectivity index is 1.71. The molecule has 3 aromatic rings. The summed E-state index contributed by atoms with van der Waals surface area (Å²) in [5.74, 6) is 1.52. The number of ketones is 1. The minimum atomic E-state index is 0.130. The van der Waals surface area contributed by atoms with Crippen LogP contribution in [0.25, 0.3) is 11.5 Å². The first-order chi connectivity index (χ1) is 11.1. The number of carbonyl (C=O) groups excluding carboxylic acids is 1. The number of hydrogen-bond donors (Lipinski definition) is 0. The van der Waals surface area contributed by atoms with E-state index in [2.05, 4.69) is 4.98 Å². The number of Topliss-reactive ketones (excluding diaryl/α,β-unsaturated/α-hetero) is 1. The number of aryl methyl sites for hydroxylation is 3. The first kappa shape index (κ1) is 15.2. The summed E-state index contributed by atoms with van der Waals surface area (Å²) >= 11 is 0. The van der Waals surface area contributed by atoms with Gasteiger partial charge in [-0.3, -0.25) is 4.79 Å². The second-order valence-electron chi connectivity index (χ2n) is 5.69. The molecule has 3 heteroatoms. The maximum Gasteiger partial charge on any atom is 0.226 e. The van der Waals surface area contributed by atoms with E-state index in [1.54, 1.807) is 0 Å². The van der Waals surface area contributed by atoms with E-state index in [-0.39, 0.29) is 5.78 Å². The van der Waals surface area contributed by atoms with E-state index in [1.165, 1.54) is 0 Å². The Hall–Kier alpha value is -2.68. The number of oxazole rings is 1. The van der Waals surface area contributed by atoms with Gasteiger partial charge in [-0.05, 0) is 32.0 Å². The summed E-state index contributed by atoms with van der Waals surface area (Å²) < 4.78 is 5.85. The summed E-state index contributed by atoms with van der Waals surface area (Å²) in [5.41, 5.74) is 3.65. The molecule has 0 saturated heterocycles. The molecule has 116 valence electrons. The molecule has 2 aromatic carbocycles. The molecule has 23 heavy (non-hydrogen) atoms. The molecule has 3 nitrogen and oxygen atoms in total. The lowest BCUT2D eigenvalue weighted by molar-refractivity contribution is 0.0981. The van der Waals surface area contributed by atoms with Crippen molar-refractivity contribution in [2.45, 2.75) is 26.7 Å². The van der Waals surface area contributed by atoms with Crippen LogP contribution in [0.2, 0.25) is 0 Å². The van der Waals surface area contributed by atoms with Gasteiger partial charge in [-0.1, -0.05) is 42.0 Å². The Morgan fingerprint density at radius 2 is 1.83 bits per heavy atom. The molecule has 0 aliphatic heterocycles. The van der Waals surface area contributed by atoms with E-state index >= 15 is 0 Å². The third-order valence-electron chi connectivity index (χ3n) is 3.83. The van der Waals surface area contributed by atoms with Crippen molar-refractivity contribution >= 4 is 5.78 Å². The summed E-state index contributed by atoms with van der Waals surface area (Å²) in [6.07, 6.45) is 0.992. The van der Waals surface area contributed by atoms with Gasteiger partial charge in [0.1, 0.15) is 5.76 Å². The minimum Gasteiger partial charge on any atom is -0.441 e. The van der Waals surface area contributed by atoms with Crippen molar-refractivity contribution in [2.24, 2.45) is 0 Å². The molecule has 1 heterocycles. The summed E-state index contributed by atoms with van der Waals surface area (Å²) in [6.45, 7) is 3.91. The number of aromatic nitrogens is 1. The fraction of sp³-hybridized carbons (Fsp3) is 0.200. The van der Waals surface area contributed by atoms with Gasteiger partial charge in [0.25, 0.3) is 0 Å². The maximum absolute atomic E-state index is 12.3. The fourth-order valence-electron chi connectivity index (χ4n) is 2.55. The van der Waals surface area contributed by atoms with E-state index in [0.29, 0.717) is 18.7 Å². The Labute approximate surface area is 136 Å². The summed E-state index contributed by atoms with van der Waals surface area (Å²) in [4.78, 5) is 16.8. The van der Waals surface area contributed by atoms with Crippen LogP contribution in [0.1, 0.15) is 33.8 Å². The van der Waals surface area contributed by atoms with Crippen LogP contribution in [0.4, 0.5) is 0 Å². The molecule has 0 saturated carbocycles. The van der Waals surface area contributed by atoms with Gasteiger partial charge in [0, 0.05) is 24.0 Å². The molecule has 3 rings (SSSR count). The number of nitrogens with zero attached hydrogens (tertiary/aromatic N) is 1. The molecule has 0 unspecified atom stereocenters. The van der Waals surface area contributed by atoms with E-state index in [1.807, 2.05) is 68.4 Å². The van der Waals surface area contributed by atoms with Crippen molar-refractivity contribution in [2.75, 3.05) is 0 Å². The standard InChI is InChI=1S/C20H19NO2/c1-14-7-6-10-17(13-14)18(22)11-12-19-15(2)21-20(23-19)16-8-4-3-5-9-16/h3-10,13H,11-12H2,1-2H3. The molecule has 0 N–H and O–H groups in total. The molecular weight excluding hydrogens is 286 g/mol. The summed E-state index contributed by atoms with van der Waals surface area (Å²) in [7, 11) is 0. The van der Waals surface area contributed by atoms with Gasteiger partial charge >= 0.3 is 0 Å². The lowest BCUT2D eigenvalue weighted by atomic mass is 10.0. The molecule has 0 radical (unpaired) electrons. The highest BCUT2D eigenvalue weighted by Crippen LogP contribution is 2.22. The maximum atomic E-state index is 12.3. The quantitative estimate of drug-likeness (QED) is 0.637. The molecule has 0 fully saturated rings. The fourth-order valence-corrected chi connectivity index (χ4v) is 2.55. The Kier molecular flexibility index (Phi) is 4.38. The van der Waals surface area contributed by atoms with Gasteiger partial charge in [-0.25, -0.2) is 4.98 Å². The van der Waals surface area contributed by atoms with Crippen LogP contribution >= 0.6 is 0 Å². The monoisotopic (exact) mass is 305 g/mol. The molecule has 0 amide bonds. The number of benzene rings is 2. The summed E-state index contributed by atoms with van der Waals surface area (Å²) in [5, 5.41) is 0. The topological polar surface area (TPSA) is 43.1 Å². The molecule has 0 aliphatic carbocycles. The second kappa shape index (κ2) is 6.61. The zero-order valence-electron chi connectivity index (χ0n) is 13.4. The predicted octanol–water partition coefficient (Wildman–Crippen LogP) is 4.77.